The highest BCUT2D eigenvalue weighted by Crippen LogP contribution is 2.32. The maximum absolute atomic E-state index is 14.1. The maximum atomic E-state index is 14.1. The smallest absolute Gasteiger partial charge is 0.128 e. The van der Waals surface area contributed by atoms with Crippen molar-refractivity contribution in [3.05, 3.63) is 55.9 Å². The summed E-state index contributed by atoms with van der Waals surface area (Å²) in [5.41, 5.74) is 1.99. The van der Waals surface area contributed by atoms with Gasteiger partial charge in [0.1, 0.15) is 5.82 Å². The van der Waals surface area contributed by atoms with Crippen LogP contribution < -0.4 is 5.32 Å². The third kappa shape index (κ3) is 3.25. The number of hydrogen-bond donors (Lipinski definition) is 1. The molecule has 1 nitrogen and oxygen atoms in total. The van der Waals surface area contributed by atoms with Crippen LogP contribution in [0.3, 0.4) is 0 Å². The van der Waals surface area contributed by atoms with E-state index in [-0.39, 0.29) is 11.9 Å². The van der Waals surface area contributed by atoms with Gasteiger partial charge in [0.2, 0.25) is 0 Å². The Balaban J connectivity index is 2.48. The lowest BCUT2D eigenvalue weighted by atomic mass is 10.0. The fourth-order valence-corrected chi connectivity index (χ4v) is 3.64. The lowest BCUT2D eigenvalue weighted by Gasteiger charge is -2.19. The summed E-state index contributed by atoms with van der Waals surface area (Å²) in [5.74, 6) is -0.162. The van der Waals surface area contributed by atoms with Gasteiger partial charge in [0.05, 0.1) is 6.04 Å². The first-order valence-corrected chi connectivity index (χ1v) is 8.09. The molecule has 1 atom stereocenters. The Kier molecular flexibility index (Phi) is 5.13. The van der Waals surface area contributed by atoms with Crippen molar-refractivity contribution < 1.29 is 4.39 Å². The van der Waals surface area contributed by atoms with Gasteiger partial charge in [-0.25, -0.2) is 4.39 Å². The molecule has 0 saturated carbocycles. The minimum absolute atomic E-state index is 0.0718. The summed E-state index contributed by atoms with van der Waals surface area (Å²) in [4.78, 5) is 1.21. The molecule has 19 heavy (non-hydrogen) atoms. The van der Waals surface area contributed by atoms with Crippen molar-refractivity contribution in [1.29, 1.82) is 0 Å². The van der Waals surface area contributed by atoms with Gasteiger partial charge in [-0.05, 0) is 48.2 Å². The number of rotatable bonds is 5. The molecule has 1 aromatic heterocycles. The minimum Gasteiger partial charge on any atom is -0.306 e. The normalized spacial score (nSPS) is 12.6. The van der Waals surface area contributed by atoms with E-state index in [1.807, 2.05) is 13.0 Å². The van der Waals surface area contributed by atoms with Crippen molar-refractivity contribution in [3.63, 3.8) is 0 Å². The summed E-state index contributed by atoms with van der Waals surface area (Å²) in [6, 6.07) is 7.17. The third-order valence-electron chi connectivity index (χ3n) is 3.10. The Morgan fingerprint density at radius 3 is 2.79 bits per heavy atom. The van der Waals surface area contributed by atoms with E-state index in [9.17, 15) is 4.39 Å². The van der Waals surface area contributed by atoms with Gasteiger partial charge in [-0.1, -0.05) is 29.8 Å². The van der Waals surface area contributed by atoms with Crippen LogP contribution in [-0.4, -0.2) is 6.54 Å². The predicted molar refractivity (Wildman–Crippen MR) is 83.3 cm³/mol. The van der Waals surface area contributed by atoms with Crippen LogP contribution in [-0.2, 0) is 6.42 Å². The fraction of sp³-hybridized carbons (Fsp3) is 0.333. The molecular formula is C15H17BrFNS. The van der Waals surface area contributed by atoms with Gasteiger partial charge in [-0.15, -0.1) is 11.3 Å². The molecule has 0 radical (unpaired) electrons. The molecule has 0 amide bonds. The van der Waals surface area contributed by atoms with Gasteiger partial charge in [-0.3, -0.25) is 0 Å². The second kappa shape index (κ2) is 6.64. The summed E-state index contributed by atoms with van der Waals surface area (Å²) in [6.45, 7) is 4.98. The summed E-state index contributed by atoms with van der Waals surface area (Å²) >= 11 is 5.11. The van der Waals surface area contributed by atoms with E-state index in [2.05, 4.69) is 39.6 Å². The Bertz CT molecular complexity index is 553. The molecule has 0 aliphatic carbocycles. The van der Waals surface area contributed by atoms with E-state index in [4.69, 9.17) is 0 Å². The molecule has 102 valence electrons. The van der Waals surface area contributed by atoms with Crippen LogP contribution in [0.1, 0.15) is 35.9 Å². The highest BCUT2D eigenvalue weighted by Gasteiger charge is 2.20. The summed E-state index contributed by atoms with van der Waals surface area (Å²) in [6.07, 6.45) is 0.969. The first-order valence-electron chi connectivity index (χ1n) is 6.42. The Labute approximate surface area is 126 Å². The van der Waals surface area contributed by atoms with Crippen molar-refractivity contribution in [2.24, 2.45) is 0 Å². The lowest BCUT2D eigenvalue weighted by Crippen LogP contribution is -2.23. The van der Waals surface area contributed by atoms with Crippen molar-refractivity contribution >= 4 is 27.3 Å². The zero-order valence-corrected chi connectivity index (χ0v) is 13.4. The molecule has 0 fully saturated rings. The van der Waals surface area contributed by atoms with Crippen molar-refractivity contribution in [3.8, 4) is 0 Å². The van der Waals surface area contributed by atoms with Crippen LogP contribution in [0.15, 0.2) is 34.1 Å². The van der Waals surface area contributed by atoms with E-state index in [1.165, 1.54) is 16.5 Å². The maximum Gasteiger partial charge on any atom is 0.128 e. The molecule has 2 rings (SSSR count). The monoisotopic (exact) mass is 341 g/mol. The quantitative estimate of drug-likeness (QED) is 0.814. The van der Waals surface area contributed by atoms with Crippen LogP contribution in [0.4, 0.5) is 4.39 Å². The van der Waals surface area contributed by atoms with Gasteiger partial charge in [0.15, 0.2) is 0 Å². The largest absolute Gasteiger partial charge is 0.306 e. The summed E-state index contributed by atoms with van der Waals surface area (Å²) < 4.78 is 15.0. The second-order valence-corrected chi connectivity index (χ2v) is 6.18. The van der Waals surface area contributed by atoms with Crippen LogP contribution >= 0.6 is 27.3 Å². The van der Waals surface area contributed by atoms with Gasteiger partial charge < -0.3 is 5.32 Å². The van der Waals surface area contributed by atoms with E-state index < -0.39 is 0 Å². The molecule has 0 spiro atoms. The van der Waals surface area contributed by atoms with Gasteiger partial charge in [0.25, 0.3) is 0 Å². The molecule has 0 aliphatic heterocycles. The lowest BCUT2D eigenvalue weighted by molar-refractivity contribution is 0.561. The summed E-state index contributed by atoms with van der Waals surface area (Å²) in [7, 11) is 0. The van der Waals surface area contributed by atoms with Gasteiger partial charge in [-0.2, -0.15) is 0 Å². The molecule has 2 aromatic rings. The van der Waals surface area contributed by atoms with E-state index in [0.717, 1.165) is 17.4 Å². The van der Waals surface area contributed by atoms with Crippen LogP contribution in [0.5, 0.6) is 0 Å². The summed E-state index contributed by atoms with van der Waals surface area (Å²) in [5, 5.41) is 5.47. The third-order valence-corrected chi connectivity index (χ3v) is 4.62. The number of nitrogens with one attached hydrogen (secondary N) is 1. The Morgan fingerprint density at radius 1 is 1.32 bits per heavy atom. The number of thiophene rings is 1. The highest BCUT2D eigenvalue weighted by molar-refractivity contribution is 9.10. The Morgan fingerprint density at radius 2 is 2.11 bits per heavy atom. The number of aryl methyl sites for hydroxylation is 1. The average Bonchev–Trinajstić information content (AvgIpc) is 2.87. The molecule has 4 heteroatoms. The number of hydrogen-bond acceptors (Lipinski definition) is 2. The molecule has 0 bridgehead atoms. The number of halogens is 2. The van der Waals surface area contributed by atoms with Crippen molar-refractivity contribution in [2.75, 3.05) is 6.54 Å². The van der Waals surface area contributed by atoms with Crippen LogP contribution in [0, 0.1) is 5.82 Å². The van der Waals surface area contributed by atoms with Crippen molar-refractivity contribution in [1.82, 2.24) is 5.32 Å². The molecular weight excluding hydrogens is 325 g/mol. The van der Waals surface area contributed by atoms with E-state index in [1.54, 1.807) is 17.4 Å². The first-order chi connectivity index (χ1) is 9.17. The first kappa shape index (κ1) is 14.7. The molecule has 1 N–H and O–H groups in total. The molecule has 1 unspecified atom stereocenters. The number of benzene rings is 1. The molecule has 1 heterocycles. The highest BCUT2D eigenvalue weighted by atomic mass is 79.9. The topological polar surface area (TPSA) is 12.0 Å². The fourth-order valence-electron chi connectivity index (χ4n) is 2.18. The SMILES string of the molecule is CCNC(c1cc(Br)ccc1F)c1sccc1CC. The zero-order chi connectivity index (χ0) is 13.8. The van der Waals surface area contributed by atoms with Crippen LogP contribution in [0.25, 0.3) is 0 Å². The minimum atomic E-state index is -0.162. The predicted octanol–water partition coefficient (Wildman–Crippen LogP) is 4.91. The zero-order valence-electron chi connectivity index (χ0n) is 11.0. The Hall–Kier alpha value is -0.710. The second-order valence-electron chi connectivity index (χ2n) is 4.32. The van der Waals surface area contributed by atoms with Gasteiger partial charge >= 0.3 is 0 Å². The van der Waals surface area contributed by atoms with Crippen molar-refractivity contribution in [2.45, 2.75) is 26.3 Å². The van der Waals surface area contributed by atoms with E-state index in [0.29, 0.717) is 5.56 Å². The molecule has 0 saturated heterocycles. The molecule has 0 aliphatic rings. The molecule has 1 aromatic carbocycles. The van der Waals surface area contributed by atoms with Gasteiger partial charge in [0, 0.05) is 14.9 Å². The average molecular weight is 342 g/mol. The van der Waals surface area contributed by atoms with E-state index >= 15 is 0 Å². The standard InChI is InChI=1S/C15H17BrFNS/c1-3-10-7-8-19-15(10)14(18-4-2)12-9-11(16)5-6-13(12)17/h5-9,14,18H,3-4H2,1-2H3. The van der Waals surface area contributed by atoms with Crippen LogP contribution in [0.2, 0.25) is 0 Å².